The van der Waals surface area contributed by atoms with Gasteiger partial charge in [-0.25, -0.2) is 0 Å². The minimum absolute atomic E-state index is 0.0503. The molecule has 0 aliphatic carbocycles. The molecule has 0 fully saturated rings. The summed E-state index contributed by atoms with van der Waals surface area (Å²) in [4.78, 5) is 23.6. The molecule has 2 aromatic rings. The first-order valence-electron chi connectivity index (χ1n) is 7.59. The van der Waals surface area contributed by atoms with Crippen LogP contribution in [0.3, 0.4) is 0 Å². The summed E-state index contributed by atoms with van der Waals surface area (Å²) in [5, 5.41) is 6.78. The molecule has 0 aliphatic heterocycles. The summed E-state index contributed by atoms with van der Waals surface area (Å²) in [6.07, 6.45) is 1.05. The Bertz CT molecular complexity index is 685. The Kier molecular flexibility index (Phi) is 7.09. The minimum atomic E-state index is -0.193. The molecule has 2 rings (SSSR count). The molecule has 0 aliphatic rings. The zero-order valence-corrected chi connectivity index (χ0v) is 14.5. The summed E-state index contributed by atoms with van der Waals surface area (Å²) in [6.45, 7) is 0.757. The molecule has 6 heteroatoms. The van der Waals surface area contributed by atoms with Gasteiger partial charge < -0.3 is 10.6 Å². The predicted octanol–water partition coefficient (Wildman–Crippen LogP) is 3.47. The summed E-state index contributed by atoms with van der Waals surface area (Å²) in [5.74, 6) is -0.243. The highest BCUT2D eigenvalue weighted by Crippen LogP contribution is 2.11. The maximum atomic E-state index is 11.9. The minimum Gasteiger partial charge on any atom is -0.354 e. The Hall–Kier alpha value is -2.04. The van der Waals surface area contributed by atoms with Crippen molar-refractivity contribution < 1.29 is 9.59 Å². The van der Waals surface area contributed by atoms with Gasteiger partial charge in [-0.05, 0) is 48.4 Å². The third-order valence-corrected chi connectivity index (χ3v) is 3.90. The molecule has 0 saturated carbocycles. The van der Waals surface area contributed by atoms with Gasteiger partial charge in [-0.1, -0.05) is 35.3 Å². The van der Waals surface area contributed by atoms with Crippen molar-refractivity contribution in [1.82, 2.24) is 10.6 Å². The van der Waals surface area contributed by atoms with Crippen LogP contribution in [0.4, 0.5) is 0 Å². The van der Waals surface area contributed by atoms with Crippen LogP contribution in [0.5, 0.6) is 0 Å². The molecule has 0 aromatic heterocycles. The fourth-order valence-corrected chi connectivity index (χ4v) is 2.33. The lowest BCUT2D eigenvalue weighted by Crippen LogP contribution is -2.34. The maximum absolute atomic E-state index is 11.9. The summed E-state index contributed by atoms with van der Waals surface area (Å²) >= 11 is 11.6. The zero-order valence-electron chi connectivity index (χ0n) is 13.0. The number of amides is 2. The fraction of sp³-hybridized carbons (Fsp3) is 0.222. The van der Waals surface area contributed by atoms with Crippen LogP contribution >= 0.6 is 23.2 Å². The van der Waals surface area contributed by atoms with E-state index in [2.05, 4.69) is 10.6 Å². The van der Waals surface area contributed by atoms with Gasteiger partial charge >= 0.3 is 0 Å². The normalized spacial score (nSPS) is 10.2. The van der Waals surface area contributed by atoms with Gasteiger partial charge in [0.2, 0.25) is 5.91 Å². The molecule has 24 heavy (non-hydrogen) atoms. The van der Waals surface area contributed by atoms with Gasteiger partial charge in [0.1, 0.15) is 0 Å². The van der Waals surface area contributed by atoms with Crippen molar-refractivity contribution in [3.63, 3.8) is 0 Å². The first kappa shape index (κ1) is 18.3. The van der Waals surface area contributed by atoms with Crippen LogP contribution in [0.25, 0.3) is 0 Å². The van der Waals surface area contributed by atoms with Crippen molar-refractivity contribution >= 4 is 35.0 Å². The summed E-state index contributed by atoms with van der Waals surface area (Å²) in [6, 6.07) is 14.1. The number of aryl methyl sites for hydroxylation is 1. The molecule has 126 valence electrons. The van der Waals surface area contributed by atoms with Crippen LogP contribution in [0.15, 0.2) is 48.5 Å². The van der Waals surface area contributed by atoms with Gasteiger partial charge in [-0.2, -0.15) is 0 Å². The van der Waals surface area contributed by atoms with Crippen LogP contribution in [-0.4, -0.2) is 24.9 Å². The molecule has 0 unspecified atom stereocenters. The number of benzene rings is 2. The van der Waals surface area contributed by atoms with E-state index in [1.54, 1.807) is 36.4 Å². The van der Waals surface area contributed by atoms with Crippen molar-refractivity contribution in [2.45, 2.75) is 12.8 Å². The van der Waals surface area contributed by atoms with E-state index in [1.807, 2.05) is 12.1 Å². The van der Waals surface area contributed by atoms with E-state index in [4.69, 9.17) is 23.2 Å². The third kappa shape index (κ3) is 6.22. The molecule has 0 heterocycles. The molecule has 2 amide bonds. The van der Waals surface area contributed by atoms with Crippen molar-refractivity contribution in [2.75, 3.05) is 13.1 Å². The number of carbonyl (C=O) groups is 2. The van der Waals surface area contributed by atoms with Crippen molar-refractivity contribution in [1.29, 1.82) is 0 Å². The monoisotopic (exact) mass is 364 g/mol. The number of rotatable bonds is 7. The topological polar surface area (TPSA) is 58.2 Å². The van der Waals surface area contributed by atoms with Gasteiger partial charge in [0.25, 0.3) is 5.91 Å². The largest absolute Gasteiger partial charge is 0.354 e. The average Bonchev–Trinajstić information content (AvgIpc) is 2.58. The number of nitrogens with one attached hydrogen (secondary N) is 2. The lowest BCUT2D eigenvalue weighted by molar-refractivity contribution is -0.121. The van der Waals surface area contributed by atoms with E-state index in [0.717, 1.165) is 5.56 Å². The van der Waals surface area contributed by atoms with Gasteiger partial charge in [0, 0.05) is 35.1 Å². The Labute approximate surface area is 151 Å². The molecule has 2 aromatic carbocycles. The molecule has 0 radical (unpaired) electrons. The summed E-state index contributed by atoms with van der Waals surface area (Å²) in [5.41, 5.74) is 1.60. The van der Waals surface area contributed by atoms with Crippen molar-refractivity contribution in [3.8, 4) is 0 Å². The smallest absolute Gasteiger partial charge is 0.251 e. The number of carbonyl (C=O) groups excluding carboxylic acids is 2. The van der Waals surface area contributed by atoms with Gasteiger partial charge in [-0.3, -0.25) is 9.59 Å². The molecule has 0 saturated heterocycles. The lowest BCUT2D eigenvalue weighted by Gasteiger charge is -2.07. The second kappa shape index (κ2) is 9.30. The first-order valence-corrected chi connectivity index (χ1v) is 8.35. The van der Waals surface area contributed by atoms with Crippen molar-refractivity contribution in [2.24, 2.45) is 0 Å². The molecular formula is C18H18Cl2N2O2. The Morgan fingerprint density at radius 3 is 1.96 bits per heavy atom. The van der Waals surface area contributed by atoms with Crippen LogP contribution in [0, 0.1) is 0 Å². The molecular weight excluding hydrogens is 347 g/mol. The molecule has 4 nitrogen and oxygen atoms in total. The maximum Gasteiger partial charge on any atom is 0.251 e. The first-order chi connectivity index (χ1) is 11.5. The highest BCUT2D eigenvalue weighted by atomic mass is 35.5. The molecule has 0 spiro atoms. The second-order valence-electron chi connectivity index (χ2n) is 5.24. The SMILES string of the molecule is O=C(CCc1ccc(Cl)cc1)NCCNC(=O)c1ccc(Cl)cc1. The predicted molar refractivity (Wildman–Crippen MR) is 96.6 cm³/mol. The Morgan fingerprint density at radius 2 is 1.33 bits per heavy atom. The van der Waals surface area contributed by atoms with E-state index in [9.17, 15) is 9.59 Å². The van der Waals surface area contributed by atoms with E-state index in [1.165, 1.54) is 0 Å². The van der Waals surface area contributed by atoms with Gasteiger partial charge in [0.05, 0.1) is 0 Å². The molecule has 2 N–H and O–H groups in total. The van der Waals surface area contributed by atoms with Crippen LogP contribution in [0.2, 0.25) is 10.0 Å². The average molecular weight is 365 g/mol. The summed E-state index contributed by atoms with van der Waals surface area (Å²) < 4.78 is 0. The highest BCUT2D eigenvalue weighted by Gasteiger charge is 2.05. The van der Waals surface area contributed by atoms with Gasteiger partial charge in [0.15, 0.2) is 0 Å². The Morgan fingerprint density at radius 1 is 0.792 bits per heavy atom. The third-order valence-electron chi connectivity index (χ3n) is 3.39. The zero-order chi connectivity index (χ0) is 17.4. The van der Waals surface area contributed by atoms with E-state index < -0.39 is 0 Å². The van der Waals surface area contributed by atoms with Gasteiger partial charge in [-0.15, -0.1) is 0 Å². The Balaban J connectivity index is 1.63. The number of halogens is 2. The van der Waals surface area contributed by atoms with E-state index in [-0.39, 0.29) is 11.8 Å². The van der Waals surface area contributed by atoms with Crippen LogP contribution < -0.4 is 10.6 Å². The van der Waals surface area contributed by atoms with Crippen LogP contribution in [0.1, 0.15) is 22.3 Å². The van der Waals surface area contributed by atoms with E-state index in [0.29, 0.717) is 41.5 Å². The highest BCUT2D eigenvalue weighted by molar-refractivity contribution is 6.30. The fourth-order valence-electron chi connectivity index (χ4n) is 2.08. The molecule has 0 atom stereocenters. The van der Waals surface area contributed by atoms with Crippen molar-refractivity contribution in [3.05, 3.63) is 69.7 Å². The number of hydrogen-bond donors (Lipinski definition) is 2. The summed E-state index contributed by atoms with van der Waals surface area (Å²) in [7, 11) is 0. The van der Waals surface area contributed by atoms with E-state index >= 15 is 0 Å². The second-order valence-corrected chi connectivity index (χ2v) is 6.11. The standard InChI is InChI=1S/C18H18Cl2N2O2/c19-15-6-1-13(2-7-15)3-10-17(23)21-11-12-22-18(24)14-4-8-16(20)9-5-14/h1-2,4-9H,3,10-12H2,(H,21,23)(H,22,24). The quantitative estimate of drug-likeness (QED) is 0.739. The number of hydrogen-bond acceptors (Lipinski definition) is 2. The van der Waals surface area contributed by atoms with Crippen LogP contribution in [-0.2, 0) is 11.2 Å². The lowest BCUT2D eigenvalue weighted by atomic mass is 10.1. The molecule has 0 bridgehead atoms.